The highest BCUT2D eigenvalue weighted by Crippen LogP contribution is 2.40. The highest BCUT2D eigenvalue weighted by molar-refractivity contribution is 5.45. The second-order valence-corrected chi connectivity index (χ2v) is 8.05. The molecule has 3 aliphatic carbocycles. The van der Waals surface area contributed by atoms with Crippen LogP contribution in [0, 0.1) is 6.92 Å². The van der Waals surface area contributed by atoms with E-state index in [1.807, 2.05) is 0 Å². The van der Waals surface area contributed by atoms with Crippen molar-refractivity contribution in [2.75, 3.05) is 0 Å². The number of hydrogen-bond acceptors (Lipinski definition) is 0. The predicted octanol–water partition coefficient (Wildman–Crippen LogP) is 7.67. The summed E-state index contributed by atoms with van der Waals surface area (Å²) >= 11 is 0. The Morgan fingerprint density at radius 1 is 0.815 bits per heavy atom. The van der Waals surface area contributed by atoms with E-state index in [9.17, 15) is 0 Å². The first-order valence-electron chi connectivity index (χ1n) is 10.5. The van der Waals surface area contributed by atoms with Crippen molar-refractivity contribution in [1.82, 2.24) is 0 Å². The van der Waals surface area contributed by atoms with Crippen LogP contribution in [0.3, 0.4) is 0 Å². The van der Waals surface area contributed by atoms with Gasteiger partial charge in [-0.2, -0.15) is 0 Å². The third-order valence-corrected chi connectivity index (χ3v) is 5.97. The van der Waals surface area contributed by atoms with Crippen LogP contribution in [0.15, 0.2) is 95.2 Å². The van der Waals surface area contributed by atoms with E-state index in [1.165, 1.54) is 55.2 Å². The zero-order valence-electron chi connectivity index (χ0n) is 16.5. The van der Waals surface area contributed by atoms with Crippen LogP contribution < -0.4 is 0 Å². The summed E-state index contributed by atoms with van der Waals surface area (Å²) in [6.07, 6.45) is 27.0. The second kappa shape index (κ2) is 8.57. The summed E-state index contributed by atoms with van der Waals surface area (Å²) in [6, 6.07) is 9.18. The summed E-state index contributed by atoms with van der Waals surface area (Å²) in [5, 5.41) is 0. The second-order valence-electron chi connectivity index (χ2n) is 8.05. The van der Waals surface area contributed by atoms with E-state index < -0.39 is 0 Å². The highest BCUT2D eigenvalue weighted by Gasteiger charge is 2.23. The molecule has 138 valence electrons. The van der Waals surface area contributed by atoms with E-state index in [4.69, 9.17) is 0 Å². The van der Waals surface area contributed by atoms with Crippen LogP contribution >= 0.6 is 0 Å². The number of hydrogen-bond donors (Lipinski definition) is 0. The lowest BCUT2D eigenvalue weighted by atomic mass is 9.77. The fourth-order valence-electron chi connectivity index (χ4n) is 4.43. The largest absolute Gasteiger partial charge is 0.0842 e. The van der Waals surface area contributed by atoms with Crippen molar-refractivity contribution < 1.29 is 0 Å². The van der Waals surface area contributed by atoms with Gasteiger partial charge in [0.25, 0.3) is 0 Å². The standard InChI is InChI=1S/C27H30/c1-21-12-16-25(17-13-21)27(24-10-6-3-7-11-24)26-18-14-23(15-19-26)20-22-8-4-2-5-9-22/h3-4,6,8-10,12-14,16-18,27H,2,5,7,11,15,19-20H2,1H3. The van der Waals surface area contributed by atoms with Gasteiger partial charge in [0.1, 0.15) is 0 Å². The summed E-state index contributed by atoms with van der Waals surface area (Å²) in [7, 11) is 0. The lowest BCUT2D eigenvalue weighted by molar-refractivity contribution is 0.748. The highest BCUT2D eigenvalue weighted by atomic mass is 14.3. The van der Waals surface area contributed by atoms with Gasteiger partial charge in [0.15, 0.2) is 0 Å². The third kappa shape index (κ3) is 4.50. The van der Waals surface area contributed by atoms with Crippen LogP contribution in [-0.4, -0.2) is 0 Å². The smallest absolute Gasteiger partial charge is 0.0264 e. The van der Waals surface area contributed by atoms with Crippen molar-refractivity contribution >= 4 is 0 Å². The van der Waals surface area contributed by atoms with Crippen LogP contribution in [0.25, 0.3) is 0 Å². The van der Waals surface area contributed by atoms with Crippen LogP contribution in [0.5, 0.6) is 0 Å². The van der Waals surface area contributed by atoms with Crippen molar-refractivity contribution in [3.05, 3.63) is 106 Å². The van der Waals surface area contributed by atoms with E-state index in [2.05, 4.69) is 79.8 Å². The monoisotopic (exact) mass is 354 g/mol. The Labute approximate surface area is 164 Å². The first-order valence-corrected chi connectivity index (χ1v) is 10.5. The molecule has 0 fully saturated rings. The van der Waals surface area contributed by atoms with Crippen LogP contribution in [0.4, 0.5) is 0 Å². The molecule has 0 saturated carbocycles. The maximum Gasteiger partial charge on any atom is 0.0264 e. The molecule has 0 spiro atoms. The number of benzene rings is 1. The number of rotatable bonds is 5. The average molecular weight is 355 g/mol. The SMILES string of the molecule is Cc1ccc(C(C2=CC=CCC2)C2=CC=C(CC3=CCCC=C3)CC2)cc1. The first kappa shape index (κ1) is 18.0. The van der Waals surface area contributed by atoms with Gasteiger partial charge in [0, 0.05) is 5.92 Å². The zero-order chi connectivity index (χ0) is 18.5. The van der Waals surface area contributed by atoms with Gasteiger partial charge in [-0.1, -0.05) is 95.2 Å². The van der Waals surface area contributed by atoms with E-state index in [0.29, 0.717) is 5.92 Å². The lowest BCUT2D eigenvalue weighted by Crippen LogP contribution is -2.10. The van der Waals surface area contributed by atoms with E-state index in [0.717, 1.165) is 6.42 Å². The van der Waals surface area contributed by atoms with Gasteiger partial charge in [0.05, 0.1) is 0 Å². The molecule has 0 heterocycles. The van der Waals surface area contributed by atoms with Gasteiger partial charge >= 0.3 is 0 Å². The molecule has 0 bridgehead atoms. The summed E-state index contributed by atoms with van der Waals surface area (Å²) in [6.45, 7) is 2.17. The molecule has 0 N–H and O–H groups in total. The van der Waals surface area contributed by atoms with E-state index in [1.54, 1.807) is 16.7 Å². The molecule has 4 rings (SSSR count). The molecule has 1 unspecified atom stereocenters. The Balaban J connectivity index is 1.59. The number of allylic oxidation sites excluding steroid dienone is 12. The van der Waals surface area contributed by atoms with E-state index >= 15 is 0 Å². The summed E-state index contributed by atoms with van der Waals surface area (Å²) in [5.74, 6) is 0.446. The first-order chi connectivity index (χ1) is 13.3. The molecule has 3 aliphatic rings. The molecule has 0 aromatic heterocycles. The van der Waals surface area contributed by atoms with Gasteiger partial charge in [-0.15, -0.1) is 0 Å². The Morgan fingerprint density at radius 2 is 1.67 bits per heavy atom. The molecule has 0 radical (unpaired) electrons. The van der Waals surface area contributed by atoms with Crippen molar-refractivity contribution in [1.29, 1.82) is 0 Å². The summed E-state index contributed by atoms with van der Waals surface area (Å²) in [4.78, 5) is 0. The molecule has 0 saturated heterocycles. The molecule has 1 atom stereocenters. The minimum absolute atomic E-state index is 0.446. The minimum atomic E-state index is 0.446. The summed E-state index contributed by atoms with van der Waals surface area (Å²) < 4.78 is 0. The normalized spacial score (nSPS) is 20.5. The molecule has 1 aromatic carbocycles. The fourth-order valence-corrected chi connectivity index (χ4v) is 4.43. The molecule has 0 nitrogen and oxygen atoms in total. The molecule has 1 aromatic rings. The Bertz CT molecular complexity index is 850. The molecular weight excluding hydrogens is 324 g/mol. The maximum absolute atomic E-state index is 2.43. The van der Waals surface area contributed by atoms with Crippen molar-refractivity contribution in [3.63, 3.8) is 0 Å². The van der Waals surface area contributed by atoms with Gasteiger partial charge in [-0.25, -0.2) is 0 Å². The Hall–Kier alpha value is -2.34. The lowest BCUT2D eigenvalue weighted by Gasteiger charge is -2.27. The van der Waals surface area contributed by atoms with Gasteiger partial charge in [-0.05, 0) is 63.0 Å². The van der Waals surface area contributed by atoms with Gasteiger partial charge in [0.2, 0.25) is 0 Å². The number of aryl methyl sites for hydroxylation is 1. The summed E-state index contributed by atoms with van der Waals surface area (Å²) in [5.41, 5.74) is 9.02. The maximum atomic E-state index is 2.43. The van der Waals surface area contributed by atoms with Crippen LogP contribution in [-0.2, 0) is 0 Å². The Morgan fingerprint density at radius 3 is 2.33 bits per heavy atom. The Kier molecular flexibility index (Phi) is 5.72. The quantitative estimate of drug-likeness (QED) is 0.509. The zero-order valence-corrected chi connectivity index (χ0v) is 16.5. The van der Waals surface area contributed by atoms with Crippen molar-refractivity contribution in [2.24, 2.45) is 0 Å². The van der Waals surface area contributed by atoms with Crippen molar-refractivity contribution in [3.8, 4) is 0 Å². The average Bonchev–Trinajstić information content (AvgIpc) is 2.73. The molecule has 27 heavy (non-hydrogen) atoms. The molecule has 0 heteroatoms. The third-order valence-electron chi connectivity index (χ3n) is 5.97. The van der Waals surface area contributed by atoms with E-state index in [-0.39, 0.29) is 0 Å². The minimum Gasteiger partial charge on any atom is -0.0842 e. The predicted molar refractivity (Wildman–Crippen MR) is 117 cm³/mol. The van der Waals surface area contributed by atoms with Crippen LogP contribution in [0.1, 0.15) is 62.0 Å². The molecular formula is C27H30. The van der Waals surface area contributed by atoms with Crippen molar-refractivity contribution in [2.45, 2.75) is 57.8 Å². The van der Waals surface area contributed by atoms with Gasteiger partial charge < -0.3 is 0 Å². The van der Waals surface area contributed by atoms with Gasteiger partial charge in [-0.3, -0.25) is 0 Å². The molecule has 0 aliphatic heterocycles. The fraction of sp³-hybridized carbons (Fsp3) is 0.333. The molecule has 0 amide bonds. The van der Waals surface area contributed by atoms with Crippen LogP contribution in [0.2, 0.25) is 0 Å². The topological polar surface area (TPSA) is 0 Å².